The Balaban J connectivity index is 2.15. The molecule has 2 aromatic heterocycles. The molecule has 17 heavy (non-hydrogen) atoms. The maximum Gasteiger partial charge on any atom is 0.173 e. The van der Waals surface area contributed by atoms with Gasteiger partial charge in [0.2, 0.25) is 0 Å². The van der Waals surface area contributed by atoms with Crippen molar-refractivity contribution in [2.75, 3.05) is 6.54 Å². The summed E-state index contributed by atoms with van der Waals surface area (Å²) in [7, 11) is 0. The van der Waals surface area contributed by atoms with Gasteiger partial charge in [-0.25, -0.2) is 0 Å². The Hall–Kier alpha value is -0.290. The van der Waals surface area contributed by atoms with Gasteiger partial charge >= 0.3 is 0 Å². The molecule has 0 bridgehead atoms. The molecule has 1 atom stereocenters. The molecule has 0 aliphatic carbocycles. The van der Waals surface area contributed by atoms with Crippen LogP contribution in [0.4, 0.5) is 0 Å². The van der Waals surface area contributed by atoms with Crippen molar-refractivity contribution < 1.29 is 4.42 Å². The monoisotopic (exact) mass is 333 g/mol. The highest BCUT2D eigenvalue weighted by atomic mass is 79.9. The highest BCUT2D eigenvalue weighted by Gasteiger charge is 2.17. The molecule has 5 heteroatoms. The minimum atomic E-state index is 0.253. The number of rotatable bonds is 5. The maximum absolute atomic E-state index is 5.95. The predicted octanol–water partition coefficient (Wildman–Crippen LogP) is 4.65. The fourth-order valence-electron chi connectivity index (χ4n) is 1.75. The Bertz CT molecular complexity index is 482. The van der Waals surface area contributed by atoms with Crippen LogP contribution in [-0.4, -0.2) is 6.54 Å². The third kappa shape index (κ3) is 3.35. The molecule has 1 N–H and O–H groups in total. The molecule has 2 nitrogen and oxygen atoms in total. The van der Waals surface area contributed by atoms with Gasteiger partial charge in [-0.3, -0.25) is 0 Å². The molecule has 0 saturated heterocycles. The lowest BCUT2D eigenvalue weighted by Crippen LogP contribution is -2.22. The molecule has 0 aromatic carbocycles. The van der Waals surface area contributed by atoms with Crippen molar-refractivity contribution in [1.29, 1.82) is 0 Å². The maximum atomic E-state index is 5.95. The van der Waals surface area contributed by atoms with E-state index in [0.29, 0.717) is 0 Å². The van der Waals surface area contributed by atoms with Gasteiger partial charge in [-0.05, 0) is 40.7 Å². The van der Waals surface area contributed by atoms with E-state index in [1.54, 1.807) is 17.6 Å². The fraction of sp³-hybridized carbons (Fsp3) is 0.333. The van der Waals surface area contributed by atoms with Crippen LogP contribution in [0.2, 0.25) is 4.34 Å². The number of halogens is 2. The van der Waals surface area contributed by atoms with Crippen LogP contribution in [0, 0.1) is 0 Å². The summed E-state index contributed by atoms with van der Waals surface area (Å²) in [6.45, 7) is 3.02. The summed E-state index contributed by atoms with van der Waals surface area (Å²) in [5, 5.41) is 3.46. The van der Waals surface area contributed by atoms with Gasteiger partial charge in [0.25, 0.3) is 0 Å². The van der Waals surface area contributed by atoms with E-state index in [2.05, 4.69) is 34.2 Å². The Kier molecular flexibility index (Phi) is 4.68. The molecule has 2 rings (SSSR count). The molecule has 0 spiro atoms. The van der Waals surface area contributed by atoms with E-state index in [4.69, 9.17) is 16.0 Å². The van der Waals surface area contributed by atoms with E-state index in [-0.39, 0.29) is 6.04 Å². The second kappa shape index (κ2) is 6.05. The molecule has 2 aromatic rings. The predicted molar refractivity (Wildman–Crippen MR) is 75.9 cm³/mol. The van der Waals surface area contributed by atoms with Crippen molar-refractivity contribution in [3.05, 3.63) is 43.9 Å². The largest absolute Gasteiger partial charge is 0.457 e. The minimum Gasteiger partial charge on any atom is -0.457 e. The number of hydrogen-bond donors (Lipinski definition) is 1. The fourth-order valence-corrected chi connectivity index (χ4v) is 3.40. The van der Waals surface area contributed by atoms with Crippen molar-refractivity contribution in [1.82, 2.24) is 5.32 Å². The molecule has 1 unspecified atom stereocenters. The van der Waals surface area contributed by atoms with E-state index in [1.807, 2.05) is 12.1 Å². The summed E-state index contributed by atoms with van der Waals surface area (Å²) in [6.07, 6.45) is 2.62. The molecule has 0 radical (unpaired) electrons. The SMILES string of the molecule is CCNC(Cc1ccc(Cl)s1)c1ccoc1Br. The lowest BCUT2D eigenvalue weighted by atomic mass is 10.1. The summed E-state index contributed by atoms with van der Waals surface area (Å²) in [4.78, 5) is 1.27. The topological polar surface area (TPSA) is 25.2 Å². The first-order valence-electron chi connectivity index (χ1n) is 5.41. The summed E-state index contributed by atoms with van der Waals surface area (Å²) < 4.78 is 6.92. The number of hydrogen-bond acceptors (Lipinski definition) is 3. The van der Waals surface area contributed by atoms with E-state index < -0.39 is 0 Å². The zero-order chi connectivity index (χ0) is 12.3. The van der Waals surface area contributed by atoms with Crippen LogP contribution in [0.1, 0.15) is 23.4 Å². The highest BCUT2D eigenvalue weighted by Crippen LogP contribution is 2.30. The van der Waals surface area contributed by atoms with Crippen LogP contribution >= 0.6 is 38.9 Å². The Labute approximate surface area is 118 Å². The van der Waals surface area contributed by atoms with Crippen LogP contribution in [0.5, 0.6) is 0 Å². The summed E-state index contributed by atoms with van der Waals surface area (Å²) in [5.74, 6) is 0. The standard InChI is InChI=1S/C12H13BrClNOS/c1-2-15-10(9-5-6-16-12(9)13)7-8-3-4-11(14)17-8/h3-6,10,15H,2,7H2,1H3. The van der Waals surface area contributed by atoms with E-state index >= 15 is 0 Å². The third-order valence-electron chi connectivity index (χ3n) is 2.51. The van der Waals surface area contributed by atoms with Crippen molar-refractivity contribution in [2.45, 2.75) is 19.4 Å². The molecule has 0 aliphatic rings. The van der Waals surface area contributed by atoms with Gasteiger partial charge in [0.1, 0.15) is 0 Å². The molecular formula is C12H13BrClNOS. The number of likely N-dealkylation sites (N-methyl/N-ethyl adjacent to an activating group) is 1. The van der Waals surface area contributed by atoms with Crippen molar-refractivity contribution in [2.24, 2.45) is 0 Å². The van der Waals surface area contributed by atoms with Gasteiger partial charge in [-0.1, -0.05) is 18.5 Å². The molecule has 0 saturated carbocycles. The van der Waals surface area contributed by atoms with Gasteiger partial charge in [0, 0.05) is 22.9 Å². The molecule has 92 valence electrons. The van der Waals surface area contributed by atoms with Crippen molar-refractivity contribution >= 4 is 38.9 Å². The Morgan fingerprint density at radius 2 is 2.29 bits per heavy atom. The number of nitrogens with one attached hydrogen (secondary N) is 1. The molecule has 0 aliphatic heterocycles. The highest BCUT2D eigenvalue weighted by molar-refractivity contribution is 9.10. The van der Waals surface area contributed by atoms with E-state index in [0.717, 1.165) is 27.5 Å². The minimum absolute atomic E-state index is 0.253. The number of furan rings is 1. The van der Waals surface area contributed by atoms with Crippen LogP contribution in [0.3, 0.4) is 0 Å². The Morgan fingerprint density at radius 1 is 1.47 bits per heavy atom. The smallest absolute Gasteiger partial charge is 0.173 e. The average Bonchev–Trinajstić information content (AvgIpc) is 2.87. The molecule has 0 amide bonds. The van der Waals surface area contributed by atoms with Crippen LogP contribution in [-0.2, 0) is 6.42 Å². The Morgan fingerprint density at radius 3 is 2.82 bits per heavy atom. The summed E-state index contributed by atoms with van der Waals surface area (Å²) >= 11 is 11.0. The van der Waals surface area contributed by atoms with Gasteiger partial charge in [0.05, 0.1) is 10.6 Å². The second-order valence-electron chi connectivity index (χ2n) is 3.67. The zero-order valence-electron chi connectivity index (χ0n) is 9.37. The van der Waals surface area contributed by atoms with E-state index in [1.165, 1.54) is 4.88 Å². The van der Waals surface area contributed by atoms with Gasteiger partial charge < -0.3 is 9.73 Å². The first-order chi connectivity index (χ1) is 8.20. The van der Waals surface area contributed by atoms with Crippen LogP contribution < -0.4 is 5.32 Å². The van der Waals surface area contributed by atoms with Crippen LogP contribution in [0.25, 0.3) is 0 Å². The van der Waals surface area contributed by atoms with Gasteiger partial charge in [-0.2, -0.15) is 0 Å². The molecule has 0 fully saturated rings. The zero-order valence-corrected chi connectivity index (χ0v) is 12.5. The third-order valence-corrected chi connectivity index (χ3v) is 4.40. The quantitative estimate of drug-likeness (QED) is 0.861. The first kappa shape index (κ1) is 13.1. The number of thiophene rings is 1. The second-order valence-corrected chi connectivity index (χ2v) is 6.19. The van der Waals surface area contributed by atoms with E-state index in [9.17, 15) is 0 Å². The van der Waals surface area contributed by atoms with Crippen LogP contribution in [0.15, 0.2) is 33.5 Å². The van der Waals surface area contributed by atoms with Crippen molar-refractivity contribution in [3.8, 4) is 0 Å². The molecule has 2 heterocycles. The molecular weight excluding hydrogens is 322 g/mol. The summed E-state index contributed by atoms with van der Waals surface area (Å²) in [5.41, 5.74) is 1.15. The first-order valence-corrected chi connectivity index (χ1v) is 7.40. The lowest BCUT2D eigenvalue weighted by Gasteiger charge is -2.15. The van der Waals surface area contributed by atoms with Gasteiger partial charge in [0.15, 0.2) is 4.67 Å². The normalized spacial score (nSPS) is 12.9. The lowest BCUT2D eigenvalue weighted by molar-refractivity contribution is 0.508. The van der Waals surface area contributed by atoms with Gasteiger partial charge in [-0.15, -0.1) is 11.3 Å². The summed E-state index contributed by atoms with van der Waals surface area (Å²) in [6, 6.07) is 6.26. The van der Waals surface area contributed by atoms with Crippen molar-refractivity contribution in [3.63, 3.8) is 0 Å². The average molecular weight is 335 g/mol.